The quantitative estimate of drug-likeness (QED) is 0.440. The largest absolute Gasteiger partial charge is 0.505 e. The molecule has 1 rings (SSSR count). The number of hydrogen-bond donors (Lipinski definition) is 2. The van der Waals surface area contributed by atoms with Crippen molar-refractivity contribution in [3.8, 4) is 5.75 Å². The molecule has 0 bridgehead atoms. The number of ketones is 1. The Bertz CT molecular complexity index is 336. The SMILES string of the molecule is CC(=O)c1ccc(N)c(O)c1Br. The van der Waals surface area contributed by atoms with Gasteiger partial charge in [-0.2, -0.15) is 0 Å². The first-order chi connectivity index (χ1) is 5.54. The minimum atomic E-state index is -0.114. The molecule has 0 unspecified atom stereocenters. The van der Waals surface area contributed by atoms with Gasteiger partial charge in [-0.25, -0.2) is 0 Å². The third-order valence-electron chi connectivity index (χ3n) is 1.53. The van der Waals surface area contributed by atoms with Crippen molar-refractivity contribution < 1.29 is 9.90 Å². The molecule has 4 heteroatoms. The molecule has 64 valence electrons. The van der Waals surface area contributed by atoms with Gasteiger partial charge in [0.2, 0.25) is 0 Å². The van der Waals surface area contributed by atoms with Crippen LogP contribution in [0.1, 0.15) is 17.3 Å². The van der Waals surface area contributed by atoms with E-state index in [-0.39, 0.29) is 17.2 Å². The van der Waals surface area contributed by atoms with Crippen molar-refractivity contribution >= 4 is 27.4 Å². The molecule has 0 spiro atoms. The van der Waals surface area contributed by atoms with Gasteiger partial charge >= 0.3 is 0 Å². The lowest BCUT2D eigenvalue weighted by atomic mass is 10.1. The van der Waals surface area contributed by atoms with Gasteiger partial charge in [0.05, 0.1) is 10.2 Å². The fraction of sp³-hybridized carbons (Fsp3) is 0.125. The molecule has 0 heterocycles. The van der Waals surface area contributed by atoms with Crippen LogP contribution in [0.15, 0.2) is 16.6 Å². The van der Waals surface area contributed by atoms with E-state index in [1.165, 1.54) is 13.0 Å². The highest BCUT2D eigenvalue weighted by Gasteiger charge is 2.10. The van der Waals surface area contributed by atoms with Crippen molar-refractivity contribution in [2.75, 3.05) is 5.73 Å². The Kier molecular flexibility index (Phi) is 2.38. The Morgan fingerprint density at radius 2 is 2.17 bits per heavy atom. The maximum absolute atomic E-state index is 10.9. The van der Waals surface area contributed by atoms with Crippen molar-refractivity contribution in [1.29, 1.82) is 0 Å². The fourth-order valence-electron chi connectivity index (χ4n) is 0.851. The summed E-state index contributed by atoms with van der Waals surface area (Å²) in [7, 11) is 0. The van der Waals surface area contributed by atoms with Gasteiger partial charge in [0.25, 0.3) is 0 Å². The zero-order valence-electron chi connectivity index (χ0n) is 6.47. The Balaban J connectivity index is 3.36. The molecule has 12 heavy (non-hydrogen) atoms. The normalized spacial score (nSPS) is 9.83. The van der Waals surface area contributed by atoms with Gasteiger partial charge in [0.1, 0.15) is 0 Å². The molecule has 0 aliphatic carbocycles. The molecule has 0 saturated carbocycles. The fourth-order valence-corrected chi connectivity index (χ4v) is 1.49. The van der Waals surface area contributed by atoms with Crippen molar-refractivity contribution in [1.82, 2.24) is 0 Å². The van der Waals surface area contributed by atoms with E-state index in [1.54, 1.807) is 6.07 Å². The smallest absolute Gasteiger partial charge is 0.161 e. The van der Waals surface area contributed by atoms with E-state index in [0.29, 0.717) is 10.0 Å². The van der Waals surface area contributed by atoms with Crippen LogP contribution in [0.2, 0.25) is 0 Å². The molecule has 0 saturated heterocycles. The summed E-state index contributed by atoms with van der Waals surface area (Å²) < 4.78 is 0.356. The van der Waals surface area contributed by atoms with Gasteiger partial charge in [-0.15, -0.1) is 0 Å². The third kappa shape index (κ3) is 1.43. The first kappa shape index (κ1) is 9.06. The average molecular weight is 230 g/mol. The molecule has 0 aliphatic heterocycles. The van der Waals surface area contributed by atoms with Crippen molar-refractivity contribution in [2.45, 2.75) is 6.92 Å². The maximum atomic E-state index is 10.9. The standard InChI is InChI=1S/C8H8BrNO2/c1-4(11)5-2-3-6(10)8(12)7(5)9/h2-3,12H,10H2,1H3. The number of hydrogen-bond acceptors (Lipinski definition) is 3. The zero-order valence-corrected chi connectivity index (χ0v) is 8.05. The topological polar surface area (TPSA) is 63.3 Å². The van der Waals surface area contributed by atoms with Crippen molar-refractivity contribution in [3.05, 3.63) is 22.2 Å². The third-order valence-corrected chi connectivity index (χ3v) is 2.33. The van der Waals surface area contributed by atoms with Gasteiger partial charge in [0, 0.05) is 5.56 Å². The van der Waals surface area contributed by atoms with Gasteiger partial charge in [-0.3, -0.25) is 4.79 Å². The highest BCUT2D eigenvalue weighted by molar-refractivity contribution is 9.10. The highest BCUT2D eigenvalue weighted by atomic mass is 79.9. The molecule has 0 aliphatic rings. The van der Waals surface area contributed by atoms with Gasteiger partial charge in [-0.05, 0) is 35.0 Å². The van der Waals surface area contributed by atoms with Crippen LogP contribution >= 0.6 is 15.9 Å². The second-order valence-corrected chi connectivity index (χ2v) is 3.21. The van der Waals surface area contributed by atoms with Crippen LogP contribution in [-0.2, 0) is 0 Å². The minimum absolute atomic E-state index is 0.0808. The number of carbonyl (C=O) groups is 1. The molecular formula is C8H8BrNO2. The molecule has 3 N–H and O–H groups in total. The number of Topliss-reactive ketones (excluding diaryl/α,β-unsaturated/α-hetero) is 1. The lowest BCUT2D eigenvalue weighted by Crippen LogP contribution is -1.95. The van der Waals surface area contributed by atoms with Gasteiger partial charge in [-0.1, -0.05) is 0 Å². The summed E-state index contributed by atoms with van der Waals surface area (Å²) in [5.74, 6) is -0.195. The van der Waals surface area contributed by atoms with Crippen LogP contribution in [0, 0.1) is 0 Å². The second-order valence-electron chi connectivity index (χ2n) is 2.42. The Morgan fingerprint density at radius 3 is 2.67 bits per heavy atom. The number of aromatic hydroxyl groups is 1. The van der Waals surface area contributed by atoms with Crippen LogP contribution in [0.3, 0.4) is 0 Å². The summed E-state index contributed by atoms with van der Waals surface area (Å²) in [4.78, 5) is 10.9. The monoisotopic (exact) mass is 229 g/mol. The number of phenolic OH excluding ortho intramolecular Hbond substituents is 1. The first-order valence-electron chi connectivity index (χ1n) is 3.32. The van der Waals surface area contributed by atoms with E-state index in [1.807, 2.05) is 0 Å². The molecule has 0 radical (unpaired) electrons. The molecule has 0 aromatic heterocycles. The molecule has 0 amide bonds. The van der Waals surface area contributed by atoms with Crippen molar-refractivity contribution in [2.24, 2.45) is 0 Å². The molecule has 0 fully saturated rings. The van der Waals surface area contributed by atoms with E-state index < -0.39 is 0 Å². The first-order valence-corrected chi connectivity index (χ1v) is 4.11. The van der Waals surface area contributed by atoms with E-state index in [0.717, 1.165) is 0 Å². The van der Waals surface area contributed by atoms with Crippen LogP contribution in [0.25, 0.3) is 0 Å². The van der Waals surface area contributed by atoms with E-state index in [2.05, 4.69) is 15.9 Å². The molecule has 3 nitrogen and oxygen atoms in total. The number of rotatable bonds is 1. The minimum Gasteiger partial charge on any atom is -0.505 e. The molecule has 1 aromatic rings. The average Bonchev–Trinajstić information content (AvgIpc) is 2.00. The summed E-state index contributed by atoms with van der Waals surface area (Å²) in [6.07, 6.45) is 0. The van der Waals surface area contributed by atoms with Crippen LogP contribution in [0.4, 0.5) is 5.69 Å². The maximum Gasteiger partial charge on any atom is 0.161 e. The van der Waals surface area contributed by atoms with Crippen LogP contribution < -0.4 is 5.73 Å². The lowest BCUT2D eigenvalue weighted by Gasteiger charge is -2.04. The van der Waals surface area contributed by atoms with E-state index >= 15 is 0 Å². The number of benzene rings is 1. The Hall–Kier alpha value is -1.03. The predicted molar refractivity (Wildman–Crippen MR) is 50.2 cm³/mol. The number of phenols is 1. The van der Waals surface area contributed by atoms with Gasteiger partial charge < -0.3 is 10.8 Å². The number of carbonyl (C=O) groups excluding carboxylic acids is 1. The van der Waals surface area contributed by atoms with Crippen LogP contribution in [-0.4, -0.2) is 10.9 Å². The van der Waals surface area contributed by atoms with E-state index in [9.17, 15) is 9.90 Å². The number of nitrogen functional groups attached to an aromatic ring is 1. The predicted octanol–water partition coefficient (Wildman–Crippen LogP) is 1.94. The summed E-state index contributed by atoms with van der Waals surface area (Å²) in [5.41, 5.74) is 6.09. The summed E-state index contributed by atoms with van der Waals surface area (Å²) in [6, 6.07) is 3.07. The summed E-state index contributed by atoms with van der Waals surface area (Å²) >= 11 is 3.08. The Labute approximate surface area is 78.3 Å². The summed E-state index contributed by atoms with van der Waals surface area (Å²) in [5, 5.41) is 9.31. The van der Waals surface area contributed by atoms with E-state index in [4.69, 9.17) is 5.73 Å². The van der Waals surface area contributed by atoms with Gasteiger partial charge in [0.15, 0.2) is 11.5 Å². The Morgan fingerprint density at radius 1 is 1.58 bits per heavy atom. The number of anilines is 1. The summed E-state index contributed by atoms with van der Waals surface area (Å²) in [6.45, 7) is 1.43. The zero-order chi connectivity index (χ0) is 9.30. The number of halogens is 1. The lowest BCUT2D eigenvalue weighted by molar-refractivity contribution is 0.101. The second kappa shape index (κ2) is 3.15. The molecule has 0 atom stereocenters. The highest BCUT2D eigenvalue weighted by Crippen LogP contribution is 2.33. The molecule has 1 aromatic carbocycles. The van der Waals surface area contributed by atoms with Crippen LogP contribution in [0.5, 0.6) is 5.75 Å². The van der Waals surface area contributed by atoms with Crippen molar-refractivity contribution in [3.63, 3.8) is 0 Å². The molecular weight excluding hydrogens is 222 g/mol. The number of nitrogens with two attached hydrogens (primary N) is 1.